The molecular weight excluding hydrogens is 188 g/mol. The number of nitrogens with zero attached hydrogens (tertiary/aromatic N) is 2. The Hall–Kier alpha value is -1.14. The van der Waals surface area contributed by atoms with Gasteiger partial charge in [0.2, 0.25) is 6.29 Å². The summed E-state index contributed by atoms with van der Waals surface area (Å²) in [6.45, 7) is 2.38. The van der Waals surface area contributed by atoms with Gasteiger partial charge in [0, 0.05) is 13.7 Å². The number of hydrogen-bond donors (Lipinski definition) is 0. The molecule has 1 aliphatic rings. The smallest absolute Gasteiger partial charge is 0.295 e. The Kier molecular flexibility index (Phi) is 3.84. The van der Waals surface area contributed by atoms with E-state index in [0.29, 0.717) is 18.7 Å². The molecule has 0 radical (unpaired) electrons. The van der Waals surface area contributed by atoms with Crippen LogP contribution in [0.2, 0.25) is 0 Å². The lowest BCUT2D eigenvalue weighted by Gasteiger charge is -2.12. The standard InChI is InChI=1S/C8H14N2O4/c1-4-13-7-5-6(9-14-7)8(11)10(2)12-3/h7H,4-5H2,1-3H3. The van der Waals surface area contributed by atoms with Crippen molar-refractivity contribution in [3.05, 3.63) is 0 Å². The minimum Gasteiger partial charge on any atom is -0.363 e. The number of rotatable bonds is 4. The Balaban J connectivity index is 2.45. The molecule has 0 N–H and O–H groups in total. The summed E-state index contributed by atoms with van der Waals surface area (Å²) in [6.07, 6.45) is -0.0791. The van der Waals surface area contributed by atoms with E-state index in [4.69, 9.17) is 14.4 Å². The molecule has 1 unspecified atom stereocenters. The first kappa shape index (κ1) is 10.9. The van der Waals surface area contributed by atoms with Crippen molar-refractivity contribution in [1.29, 1.82) is 0 Å². The van der Waals surface area contributed by atoms with Crippen molar-refractivity contribution in [2.45, 2.75) is 19.6 Å². The van der Waals surface area contributed by atoms with E-state index in [1.165, 1.54) is 14.2 Å². The minimum absolute atomic E-state index is 0.310. The third-order valence-corrected chi connectivity index (χ3v) is 1.80. The highest BCUT2D eigenvalue weighted by atomic mass is 16.8. The maximum atomic E-state index is 11.5. The monoisotopic (exact) mass is 202 g/mol. The van der Waals surface area contributed by atoms with Gasteiger partial charge in [-0.25, -0.2) is 5.06 Å². The highest BCUT2D eigenvalue weighted by Gasteiger charge is 2.28. The second-order valence-corrected chi connectivity index (χ2v) is 2.72. The van der Waals surface area contributed by atoms with Gasteiger partial charge in [-0.1, -0.05) is 5.16 Å². The summed E-state index contributed by atoms with van der Waals surface area (Å²) in [4.78, 5) is 21.1. The maximum absolute atomic E-state index is 11.5. The van der Waals surface area contributed by atoms with Gasteiger partial charge < -0.3 is 9.57 Å². The first-order valence-corrected chi connectivity index (χ1v) is 4.35. The molecule has 0 aromatic carbocycles. The molecule has 0 saturated heterocycles. The molecule has 0 fully saturated rings. The van der Waals surface area contributed by atoms with Crippen molar-refractivity contribution < 1.29 is 19.2 Å². The van der Waals surface area contributed by atoms with Gasteiger partial charge in [-0.3, -0.25) is 9.63 Å². The van der Waals surface area contributed by atoms with E-state index < -0.39 is 6.29 Å². The maximum Gasteiger partial charge on any atom is 0.295 e. The van der Waals surface area contributed by atoms with Gasteiger partial charge in [-0.15, -0.1) is 0 Å². The zero-order valence-corrected chi connectivity index (χ0v) is 8.52. The second-order valence-electron chi connectivity index (χ2n) is 2.72. The summed E-state index contributed by atoms with van der Waals surface area (Å²) in [6, 6.07) is 0. The van der Waals surface area contributed by atoms with Gasteiger partial charge in [-0.05, 0) is 6.92 Å². The van der Waals surface area contributed by atoms with Gasteiger partial charge in [0.05, 0.1) is 13.5 Å². The molecule has 6 nitrogen and oxygen atoms in total. The summed E-state index contributed by atoms with van der Waals surface area (Å²) in [5.41, 5.74) is 0.313. The average molecular weight is 202 g/mol. The van der Waals surface area contributed by atoms with Crippen molar-refractivity contribution in [3.8, 4) is 0 Å². The number of hydroxylamine groups is 2. The lowest BCUT2D eigenvalue weighted by molar-refractivity contribution is -0.160. The predicted octanol–water partition coefficient (Wildman–Crippen LogP) is 0.145. The molecule has 0 bridgehead atoms. The van der Waals surface area contributed by atoms with Crippen LogP contribution in [0.4, 0.5) is 0 Å². The van der Waals surface area contributed by atoms with Crippen LogP contribution in [-0.2, 0) is 19.2 Å². The highest BCUT2D eigenvalue weighted by molar-refractivity contribution is 6.38. The van der Waals surface area contributed by atoms with E-state index in [1.807, 2.05) is 6.92 Å². The molecule has 1 atom stereocenters. The number of amides is 1. The van der Waals surface area contributed by atoms with Gasteiger partial charge in [0.15, 0.2) is 5.71 Å². The Labute approximate surface area is 82.4 Å². The fourth-order valence-corrected chi connectivity index (χ4v) is 1.02. The van der Waals surface area contributed by atoms with Crippen molar-refractivity contribution >= 4 is 11.6 Å². The molecule has 0 aromatic heterocycles. The molecule has 1 aliphatic heterocycles. The Morgan fingerprint density at radius 2 is 2.50 bits per heavy atom. The molecule has 14 heavy (non-hydrogen) atoms. The zero-order chi connectivity index (χ0) is 10.6. The van der Waals surface area contributed by atoms with Crippen LogP contribution in [-0.4, -0.2) is 43.7 Å². The van der Waals surface area contributed by atoms with E-state index >= 15 is 0 Å². The Morgan fingerprint density at radius 1 is 1.79 bits per heavy atom. The van der Waals surface area contributed by atoms with Crippen LogP contribution in [0.3, 0.4) is 0 Å². The Bertz CT molecular complexity index is 241. The van der Waals surface area contributed by atoms with E-state index in [0.717, 1.165) is 5.06 Å². The lowest BCUT2D eigenvalue weighted by Crippen LogP contribution is -2.32. The molecule has 6 heteroatoms. The fourth-order valence-electron chi connectivity index (χ4n) is 1.02. The zero-order valence-electron chi connectivity index (χ0n) is 8.52. The van der Waals surface area contributed by atoms with Crippen molar-refractivity contribution in [2.24, 2.45) is 5.16 Å². The van der Waals surface area contributed by atoms with Crippen LogP contribution in [0.1, 0.15) is 13.3 Å². The van der Waals surface area contributed by atoms with Gasteiger partial charge in [0.25, 0.3) is 5.91 Å². The highest BCUT2D eigenvalue weighted by Crippen LogP contribution is 2.12. The molecule has 80 valence electrons. The fraction of sp³-hybridized carbons (Fsp3) is 0.750. The van der Waals surface area contributed by atoms with E-state index in [1.54, 1.807) is 0 Å². The van der Waals surface area contributed by atoms with Crippen molar-refractivity contribution in [1.82, 2.24) is 5.06 Å². The minimum atomic E-state index is -0.441. The van der Waals surface area contributed by atoms with E-state index in [9.17, 15) is 4.79 Å². The number of hydrogen-bond acceptors (Lipinski definition) is 5. The van der Waals surface area contributed by atoms with E-state index in [2.05, 4.69) is 5.16 Å². The van der Waals surface area contributed by atoms with E-state index in [-0.39, 0.29) is 5.91 Å². The van der Waals surface area contributed by atoms with Crippen molar-refractivity contribution in [3.63, 3.8) is 0 Å². The average Bonchev–Trinajstić information content (AvgIpc) is 2.64. The molecule has 0 saturated carbocycles. The largest absolute Gasteiger partial charge is 0.363 e. The summed E-state index contributed by atoms with van der Waals surface area (Å²) in [5.74, 6) is -0.310. The normalized spacial score (nSPS) is 20.2. The van der Waals surface area contributed by atoms with Crippen LogP contribution in [0.15, 0.2) is 5.16 Å². The first-order chi connectivity index (χ1) is 6.69. The lowest BCUT2D eigenvalue weighted by atomic mass is 10.2. The third kappa shape index (κ3) is 2.43. The molecule has 0 aromatic rings. The van der Waals surface area contributed by atoms with Gasteiger partial charge in [-0.2, -0.15) is 0 Å². The van der Waals surface area contributed by atoms with Crippen LogP contribution < -0.4 is 0 Å². The molecular formula is C8H14N2O4. The number of carbonyl (C=O) groups excluding carboxylic acids is 1. The van der Waals surface area contributed by atoms with Crippen LogP contribution >= 0.6 is 0 Å². The molecule has 1 heterocycles. The predicted molar refractivity (Wildman–Crippen MR) is 48.3 cm³/mol. The quantitative estimate of drug-likeness (QED) is 0.608. The van der Waals surface area contributed by atoms with Gasteiger partial charge >= 0.3 is 0 Å². The van der Waals surface area contributed by atoms with Crippen LogP contribution in [0.5, 0.6) is 0 Å². The second kappa shape index (κ2) is 4.92. The summed E-state index contributed by atoms with van der Waals surface area (Å²) in [7, 11) is 2.92. The number of carbonyl (C=O) groups is 1. The molecule has 0 spiro atoms. The first-order valence-electron chi connectivity index (χ1n) is 4.35. The SMILES string of the molecule is CCOC1CC(C(=O)N(C)OC)=NO1. The number of ether oxygens (including phenoxy) is 1. The topological polar surface area (TPSA) is 60.4 Å². The summed E-state index contributed by atoms with van der Waals surface area (Å²) >= 11 is 0. The third-order valence-electron chi connectivity index (χ3n) is 1.80. The summed E-state index contributed by atoms with van der Waals surface area (Å²) in [5, 5.41) is 4.72. The van der Waals surface area contributed by atoms with Crippen molar-refractivity contribution in [2.75, 3.05) is 20.8 Å². The molecule has 1 amide bonds. The molecule has 1 rings (SSSR count). The van der Waals surface area contributed by atoms with Gasteiger partial charge in [0.1, 0.15) is 0 Å². The van der Waals surface area contributed by atoms with Crippen LogP contribution in [0.25, 0.3) is 0 Å². The van der Waals surface area contributed by atoms with Crippen LogP contribution in [0, 0.1) is 0 Å². The molecule has 0 aliphatic carbocycles. The summed E-state index contributed by atoms with van der Waals surface area (Å²) < 4.78 is 5.15. The Morgan fingerprint density at radius 3 is 3.07 bits per heavy atom. The number of oxime groups is 1.